The topological polar surface area (TPSA) is 138 Å². The van der Waals surface area contributed by atoms with Gasteiger partial charge in [0.1, 0.15) is 0 Å². The number of rotatable bonds is 8. The number of aromatic amines is 2. The van der Waals surface area contributed by atoms with Crippen LogP contribution in [0, 0.1) is 0 Å². The molecule has 9 rings (SSSR count). The number of hydrogen-bond acceptors (Lipinski definition) is 6. The van der Waals surface area contributed by atoms with Crippen LogP contribution in [-0.4, -0.2) is 89.8 Å². The van der Waals surface area contributed by atoms with Crippen LogP contribution in [0.2, 0.25) is 0 Å². The summed E-state index contributed by atoms with van der Waals surface area (Å²) < 4.78 is 338. The van der Waals surface area contributed by atoms with Crippen LogP contribution in [0.1, 0.15) is 45.0 Å². The predicted octanol–water partition coefficient (Wildman–Crippen LogP) is 16.6. The molecule has 0 saturated carbocycles. The fourth-order valence-corrected chi connectivity index (χ4v) is 9.88. The monoisotopic (exact) mass is 1280 g/mol. The number of benzene rings is 4. The lowest BCUT2D eigenvalue weighted by Crippen LogP contribution is -2.53. The molecular weight excluding hydrogens is 1250 g/mol. The summed E-state index contributed by atoms with van der Waals surface area (Å²) in [4.78, 5) is 14.8. The van der Waals surface area contributed by atoms with Crippen LogP contribution in [0.5, 0.6) is 0 Å². The first kappa shape index (κ1) is 64.1. The molecule has 2 aliphatic rings. The van der Waals surface area contributed by atoms with E-state index >= 15 is 0 Å². The minimum Gasteiger partial charge on any atom is -0.369 e. The van der Waals surface area contributed by atoms with E-state index in [9.17, 15) is 126 Å². The summed E-state index contributed by atoms with van der Waals surface area (Å²) in [5, 5.41) is 40.8. The van der Waals surface area contributed by atoms with Crippen LogP contribution >= 0.6 is 0 Å². The van der Waals surface area contributed by atoms with Crippen molar-refractivity contribution in [3.63, 3.8) is 0 Å². The molecule has 7 aromatic rings. The molecule has 0 amide bonds. The largest absolute Gasteiger partial charge is 0.430 e. The van der Waals surface area contributed by atoms with Gasteiger partial charge in [0.15, 0.2) is 0 Å². The summed E-state index contributed by atoms with van der Waals surface area (Å²) >= 11 is 0. The van der Waals surface area contributed by atoms with Gasteiger partial charge in [-0.1, -0.05) is 97.1 Å². The molecule has 0 aliphatic carbocycles. The van der Waals surface area contributed by atoms with E-state index in [1.54, 1.807) is 0 Å². The minimum absolute atomic E-state index is 0.213. The second-order valence-electron chi connectivity index (χ2n) is 19.6. The van der Waals surface area contributed by atoms with E-state index in [1.165, 1.54) is 0 Å². The number of aromatic nitrogens is 4. The maximum Gasteiger partial charge on any atom is 0.430 e. The third-order valence-electron chi connectivity index (χ3n) is 14.4. The molecule has 0 unspecified atom stereocenters. The maximum atomic E-state index is 14.1. The van der Waals surface area contributed by atoms with Gasteiger partial charge in [-0.05, 0) is 70.8 Å². The van der Waals surface area contributed by atoms with Crippen molar-refractivity contribution in [1.29, 1.82) is 0 Å². The van der Waals surface area contributed by atoms with Crippen molar-refractivity contribution >= 4 is 46.4 Å². The lowest BCUT2D eigenvalue weighted by molar-refractivity contribution is -0.376. The highest BCUT2D eigenvalue weighted by Gasteiger charge is 2.74. The number of H-pyrrole nitrogens is 2. The number of fused-ring (bicyclic) bond motifs is 8. The third kappa shape index (κ3) is 10.2. The Kier molecular flexibility index (Phi) is 15.0. The molecule has 8 nitrogen and oxygen atoms in total. The van der Waals surface area contributed by atoms with Crippen molar-refractivity contribution in [2.45, 2.75) is 71.8 Å². The molecule has 88 heavy (non-hydrogen) atoms. The highest BCUT2D eigenvalue weighted by Crippen LogP contribution is 2.55. The summed E-state index contributed by atoms with van der Waals surface area (Å²) in [5.41, 5.74) is -34.4. The van der Waals surface area contributed by atoms with E-state index in [0.29, 0.717) is 48.5 Å². The number of hydrogen-bond donors (Lipinski definition) is 6. The number of aliphatic hydroxyl groups is 4. The van der Waals surface area contributed by atoms with E-state index in [4.69, 9.17) is 0 Å². The van der Waals surface area contributed by atoms with Crippen LogP contribution in [-0.2, 0) is 22.4 Å². The molecule has 4 aromatic carbocycles. The zero-order chi connectivity index (χ0) is 65.3. The van der Waals surface area contributed by atoms with Gasteiger partial charge in [-0.25, -0.2) is 9.97 Å². The van der Waals surface area contributed by atoms with Crippen molar-refractivity contribution in [2.24, 2.45) is 0 Å². The van der Waals surface area contributed by atoms with Crippen LogP contribution in [0.15, 0.2) is 121 Å². The van der Waals surface area contributed by atoms with E-state index < -0.39 is 94.1 Å². The number of nitrogens with zero attached hydrogens (tertiary/aromatic N) is 2. The summed E-state index contributed by atoms with van der Waals surface area (Å²) in [6, 6.07) is 11.3. The molecule has 0 fully saturated rings. The van der Waals surface area contributed by atoms with E-state index in [-0.39, 0.29) is 138 Å². The fraction of sp³-hybridized carbons (Fsp3) is 0.214. The van der Waals surface area contributed by atoms with Gasteiger partial charge in [0, 0.05) is 66.6 Å². The lowest BCUT2D eigenvalue weighted by Gasteiger charge is -2.32. The fourth-order valence-electron chi connectivity index (χ4n) is 9.88. The first-order valence-electron chi connectivity index (χ1n) is 24.3. The molecule has 0 saturated heterocycles. The summed E-state index contributed by atoms with van der Waals surface area (Å²) in [6.07, 6.45) is -46.8. The Labute approximate surface area is 474 Å². The van der Waals surface area contributed by atoms with Gasteiger partial charge in [0.25, 0.3) is 22.4 Å². The molecule has 466 valence electrons. The molecule has 0 atom stereocenters. The smallest absolute Gasteiger partial charge is 0.369 e. The standard InChI is InChI=1S/C56H30F24N4O4/c57-49(58,59)45(85,50(60,61)62)29-9-1-25(2-10-29)41-33-17-19-35(81-33)42(26-3-11-30(12-4-26)46(86,51(63,64)65)52(66,67)68)37-21-23-39(83-37)44(28-7-15-32(16-8-28)48(88,55(75,76)77)56(78,79)80)40-24-22-38(84-40)43(36-20-18-34(41)82-36)27-5-13-31(14-6-27)47(87,53(69,70)71)54(72,73)74/h1-24,81,84-88H. The lowest BCUT2D eigenvalue weighted by atomic mass is 9.90. The molecule has 0 spiro atoms. The molecule has 32 heteroatoms. The van der Waals surface area contributed by atoms with Crippen LogP contribution in [0.25, 0.3) is 90.9 Å². The minimum atomic E-state index is -6.40. The van der Waals surface area contributed by atoms with Crippen molar-refractivity contribution < 1.29 is 126 Å². The van der Waals surface area contributed by atoms with Crippen molar-refractivity contribution in [3.8, 4) is 44.5 Å². The number of halogens is 24. The molecule has 0 radical (unpaired) electrons. The highest BCUT2D eigenvalue weighted by atomic mass is 19.4. The Bertz CT molecular complexity index is 3490. The number of nitrogens with one attached hydrogen (secondary N) is 2. The van der Waals surface area contributed by atoms with Gasteiger partial charge in [-0.15, -0.1) is 0 Å². The van der Waals surface area contributed by atoms with Gasteiger partial charge in [0.2, 0.25) is 0 Å². The van der Waals surface area contributed by atoms with Crippen molar-refractivity contribution in [1.82, 2.24) is 19.9 Å². The Balaban J connectivity index is 1.42. The van der Waals surface area contributed by atoms with Crippen molar-refractivity contribution in [2.75, 3.05) is 0 Å². The normalized spacial score (nSPS) is 14.5. The van der Waals surface area contributed by atoms with Crippen LogP contribution in [0.4, 0.5) is 105 Å². The zero-order valence-corrected chi connectivity index (χ0v) is 42.6. The Hall–Kier alpha value is -8.36. The molecule has 6 N–H and O–H groups in total. The third-order valence-corrected chi connectivity index (χ3v) is 14.4. The zero-order valence-electron chi connectivity index (χ0n) is 42.6. The average molecular weight is 1280 g/mol. The van der Waals surface area contributed by atoms with Gasteiger partial charge in [-0.3, -0.25) is 0 Å². The van der Waals surface area contributed by atoms with Gasteiger partial charge in [-0.2, -0.15) is 105 Å². The average Bonchev–Trinajstić information content (AvgIpc) is 1.08. The van der Waals surface area contributed by atoms with Crippen LogP contribution in [0.3, 0.4) is 0 Å². The predicted molar refractivity (Wildman–Crippen MR) is 265 cm³/mol. The van der Waals surface area contributed by atoms with E-state index in [0.717, 1.165) is 48.6 Å². The molecule has 5 heterocycles. The Morgan fingerprint density at radius 1 is 0.227 bits per heavy atom. The Morgan fingerprint density at radius 3 is 0.511 bits per heavy atom. The quantitative estimate of drug-likeness (QED) is 0.0838. The Morgan fingerprint density at radius 2 is 0.375 bits per heavy atom. The second-order valence-corrected chi connectivity index (χ2v) is 19.6. The first-order chi connectivity index (χ1) is 40.2. The number of alkyl halides is 24. The molecule has 3 aromatic heterocycles. The van der Waals surface area contributed by atoms with Crippen molar-refractivity contribution in [3.05, 3.63) is 166 Å². The molecule has 8 bridgehead atoms. The molecular formula is C56H30F24N4O4. The summed E-state index contributed by atoms with van der Waals surface area (Å²) in [7, 11) is 0. The SMILES string of the molecule is OC(c1ccc(-c2c3nc(c(-c4ccc(C(O)(C(F)(F)F)C(F)(F)F)cc4)c4ccc([nH]4)c(-c4ccc(C(O)(C(F)(F)F)C(F)(F)F)cc4)c4nc(c(-c5ccc(C(O)(C(F)(F)F)C(F)(F)F)cc5)c5ccc2[nH]5)C=C4)C=C3)cc1)(C(F)(F)F)C(F)(F)F. The first-order valence-corrected chi connectivity index (χ1v) is 24.3. The van der Waals surface area contributed by atoms with Crippen LogP contribution < -0.4 is 0 Å². The summed E-state index contributed by atoms with van der Waals surface area (Å²) in [5.74, 6) is 0. The summed E-state index contributed by atoms with van der Waals surface area (Å²) in [6.45, 7) is 0. The van der Waals surface area contributed by atoms with E-state index in [2.05, 4.69) is 19.9 Å². The second kappa shape index (κ2) is 20.6. The van der Waals surface area contributed by atoms with Gasteiger partial charge < -0.3 is 30.4 Å². The van der Waals surface area contributed by atoms with Gasteiger partial charge in [0.05, 0.1) is 22.8 Å². The maximum absolute atomic E-state index is 14.1. The van der Waals surface area contributed by atoms with E-state index in [1.807, 2.05) is 0 Å². The molecule has 2 aliphatic heterocycles. The van der Waals surface area contributed by atoms with Gasteiger partial charge >= 0.3 is 49.4 Å². The highest BCUT2D eigenvalue weighted by molar-refractivity contribution is 6.00.